The van der Waals surface area contributed by atoms with Gasteiger partial charge in [-0.1, -0.05) is 66.7 Å². The zero-order valence-electron chi connectivity index (χ0n) is 18.1. The summed E-state index contributed by atoms with van der Waals surface area (Å²) in [4.78, 5) is 24.9. The number of amides is 1. The second-order valence-electron chi connectivity index (χ2n) is 7.82. The van der Waals surface area contributed by atoms with Crippen LogP contribution in [0.15, 0.2) is 102 Å². The Bertz CT molecular complexity index is 1280. The van der Waals surface area contributed by atoms with Gasteiger partial charge in [-0.15, -0.1) is 0 Å². The number of anilines is 1. The highest BCUT2D eigenvalue weighted by Gasteiger charge is 2.28. The van der Waals surface area contributed by atoms with Crippen LogP contribution in [0.25, 0.3) is 11.3 Å². The van der Waals surface area contributed by atoms with Gasteiger partial charge in [-0.2, -0.15) is 0 Å². The van der Waals surface area contributed by atoms with Crippen molar-refractivity contribution in [3.8, 4) is 11.3 Å². The van der Waals surface area contributed by atoms with E-state index >= 15 is 0 Å². The maximum atomic E-state index is 14.9. The molecule has 1 amide bonds. The predicted molar refractivity (Wildman–Crippen MR) is 128 cm³/mol. The topological polar surface area (TPSA) is 77.1 Å². The van der Waals surface area contributed by atoms with E-state index in [0.717, 1.165) is 11.1 Å². The number of pyridine rings is 1. The Morgan fingerprint density at radius 1 is 0.879 bits per heavy atom. The Kier molecular flexibility index (Phi) is 6.47. The number of benzene rings is 3. The fraction of sp³-hybridized carbons (Fsp3) is 0.111. The maximum absolute atomic E-state index is 14.9. The molecule has 3 aromatic carbocycles. The lowest BCUT2D eigenvalue weighted by molar-refractivity contribution is -0.117. The van der Waals surface area contributed by atoms with Gasteiger partial charge in [-0.25, -0.2) is 4.39 Å². The molecule has 0 radical (unpaired) electrons. The molecule has 0 saturated heterocycles. The van der Waals surface area contributed by atoms with Crippen LogP contribution in [0.4, 0.5) is 10.1 Å². The van der Waals surface area contributed by atoms with Gasteiger partial charge in [0.15, 0.2) is 0 Å². The second kappa shape index (κ2) is 9.63. The van der Waals surface area contributed by atoms with E-state index in [9.17, 15) is 14.0 Å². The molecule has 1 heterocycles. The van der Waals surface area contributed by atoms with Crippen LogP contribution >= 0.6 is 0 Å². The standard InChI is InChI=1S/C27H24FN3O2/c1-31-23(13-8-14-24(31)32)21-16-15-20(17-22(21)28)30-27(33)26(29)25(18-9-4-2-5-10-18)19-11-6-3-7-12-19/h2-17,25-26H,29H2,1H3,(H,30,33)/t26-/m0/s1. The minimum atomic E-state index is -0.896. The lowest BCUT2D eigenvalue weighted by Crippen LogP contribution is -2.41. The van der Waals surface area contributed by atoms with Gasteiger partial charge in [-0.05, 0) is 35.4 Å². The minimum Gasteiger partial charge on any atom is -0.325 e. The van der Waals surface area contributed by atoms with Crippen molar-refractivity contribution in [1.29, 1.82) is 0 Å². The van der Waals surface area contributed by atoms with Crippen LogP contribution < -0.4 is 16.6 Å². The summed E-state index contributed by atoms with van der Waals surface area (Å²) >= 11 is 0. The molecular formula is C27H24FN3O2. The van der Waals surface area contributed by atoms with Crippen molar-refractivity contribution in [3.63, 3.8) is 0 Å². The first-order chi connectivity index (χ1) is 16.0. The second-order valence-corrected chi connectivity index (χ2v) is 7.82. The van der Waals surface area contributed by atoms with Gasteiger partial charge < -0.3 is 15.6 Å². The summed E-state index contributed by atoms with van der Waals surface area (Å²) < 4.78 is 16.3. The number of halogens is 1. The molecule has 0 bridgehead atoms. The number of nitrogens with two attached hydrogens (primary N) is 1. The molecule has 0 spiro atoms. The van der Waals surface area contributed by atoms with Crippen LogP contribution in [-0.2, 0) is 11.8 Å². The first-order valence-corrected chi connectivity index (χ1v) is 10.6. The van der Waals surface area contributed by atoms with E-state index in [1.807, 2.05) is 60.7 Å². The Morgan fingerprint density at radius 3 is 2.06 bits per heavy atom. The van der Waals surface area contributed by atoms with Gasteiger partial charge in [0, 0.05) is 30.3 Å². The van der Waals surface area contributed by atoms with E-state index < -0.39 is 17.8 Å². The number of carbonyl (C=O) groups is 1. The smallest absolute Gasteiger partial charge is 0.250 e. The van der Waals surface area contributed by atoms with Crippen molar-refractivity contribution in [2.75, 3.05) is 5.32 Å². The summed E-state index contributed by atoms with van der Waals surface area (Å²) in [5.74, 6) is -1.34. The van der Waals surface area contributed by atoms with Crippen LogP contribution in [0.1, 0.15) is 17.0 Å². The van der Waals surface area contributed by atoms with E-state index in [1.54, 1.807) is 25.2 Å². The van der Waals surface area contributed by atoms with Crippen molar-refractivity contribution >= 4 is 11.6 Å². The van der Waals surface area contributed by atoms with Gasteiger partial charge in [0.05, 0.1) is 11.7 Å². The molecule has 4 rings (SSSR count). The summed E-state index contributed by atoms with van der Waals surface area (Å²) in [5.41, 5.74) is 9.03. The van der Waals surface area contributed by atoms with Crippen LogP contribution in [-0.4, -0.2) is 16.5 Å². The van der Waals surface area contributed by atoms with Crippen LogP contribution in [0.5, 0.6) is 0 Å². The minimum absolute atomic E-state index is 0.233. The fourth-order valence-corrected chi connectivity index (χ4v) is 3.94. The lowest BCUT2D eigenvalue weighted by Gasteiger charge is -2.24. The molecule has 0 aliphatic rings. The molecule has 3 N–H and O–H groups in total. The molecule has 0 aliphatic carbocycles. The van der Waals surface area contributed by atoms with Crippen LogP contribution in [0, 0.1) is 5.82 Å². The Morgan fingerprint density at radius 2 is 1.48 bits per heavy atom. The number of rotatable bonds is 6. The van der Waals surface area contributed by atoms with Gasteiger partial charge in [0.25, 0.3) is 5.56 Å². The summed E-state index contributed by atoms with van der Waals surface area (Å²) in [6, 6.07) is 27.3. The molecule has 166 valence electrons. The number of carbonyl (C=O) groups excluding carboxylic acids is 1. The Balaban J connectivity index is 1.60. The number of aromatic nitrogens is 1. The van der Waals surface area contributed by atoms with Gasteiger partial charge >= 0.3 is 0 Å². The van der Waals surface area contributed by atoms with Crippen molar-refractivity contribution < 1.29 is 9.18 Å². The van der Waals surface area contributed by atoms with E-state index in [2.05, 4.69) is 5.32 Å². The lowest BCUT2D eigenvalue weighted by atomic mass is 9.85. The normalized spacial score (nSPS) is 11.9. The molecule has 0 aliphatic heterocycles. The van der Waals surface area contributed by atoms with Gasteiger partial charge in [0.1, 0.15) is 5.82 Å². The third kappa shape index (κ3) is 4.76. The van der Waals surface area contributed by atoms with Crippen molar-refractivity contribution in [1.82, 2.24) is 4.57 Å². The highest BCUT2D eigenvalue weighted by molar-refractivity contribution is 5.96. The van der Waals surface area contributed by atoms with Crippen LogP contribution in [0.3, 0.4) is 0 Å². The average Bonchev–Trinajstić information content (AvgIpc) is 2.83. The van der Waals surface area contributed by atoms with E-state index in [1.165, 1.54) is 22.8 Å². The van der Waals surface area contributed by atoms with Crippen molar-refractivity contribution in [3.05, 3.63) is 124 Å². The fourth-order valence-electron chi connectivity index (χ4n) is 3.94. The number of hydrogen-bond acceptors (Lipinski definition) is 3. The molecule has 0 unspecified atom stereocenters. The molecule has 5 nitrogen and oxygen atoms in total. The SMILES string of the molecule is Cn1c(-c2ccc(NC(=O)[C@@H](N)C(c3ccccc3)c3ccccc3)cc2F)cccc1=O. The maximum Gasteiger partial charge on any atom is 0.250 e. The number of hydrogen-bond donors (Lipinski definition) is 2. The summed E-state index contributed by atoms with van der Waals surface area (Å²) in [6.07, 6.45) is 0. The zero-order valence-corrected chi connectivity index (χ0v) is 18.1. The highest BCUT2D eigenvalue weighted by Crippen LogP contribution is 2.29. The molecule has 6 heteroatoms. The quantitative estimate of drug-likeness (QED) is 0.469. The third-order valence-electron chi connectivity index (χ3n) is 5.68. The molecule has 0 saturated carbocycles. The molecule has 1 aromatic heterocycles. The molecule has 1 atom stereocenters. The van der Waals surface area contributed by atoms with Gasteiger partial charge in [-0.3, -0.25) is 9.59 Å². The highest BCUT2D eigenvalue weighted by atomic mass is 19.1. The number of nitrogens with one attached hydrogen (secondary N) is 1. The molecule has 4 aromatic rings. The number of nitrogens with zero attached hydrogens (tertiary/aromatic N) is 1. The van der Waals surface area contributed by atoms with Crippen molar-refractivity contribution in [2.24, 2.45) is 12.8 Å². The molecular weight excluding hydrogens is 417 g/mol. The van der Waals surface area contributed by atoms with Gasteiger partial charge in [0.2, 0.25) is 5.91 Å². The Hall–Kier alpha value is -4.03. The third-order valence-corrected chi connectivity index (χ3v) is 5.68. The van der Waals surface area contributed by atoms with Crippen molar-refractivity contribution in [2.45, 2.75) is 12.0 Å². The summed E-state index contributed by atoms with van der Waals surface area (Å²) in [5, 5.41) is 2.73. The Labute approximate surface area is 191 Å². The van der Waals surface area contributed by atoms with E-state index in [-0.39, 0.29) is 22.7 Å². The summed E-state index contributed by atoms with van der Waals surface area (Å²) in [7, 11) is 1.58. The largest absolute Gasteiger partial charge is 0.325 e. The molecule has 33 heavy (non-hydrogen) atoms. The predicted octanol–water partition coefficient (Wildman–Crippen LogP) is 4.29. The van der Waals surface area contributed by atoms with E-state index in [4.69, 9.17) is 5.73 Å². The van der Waals surface area contributed by atoms with Crippen LogP contribution in [0.2, 0.25) is 0 Å². The first-order valence-electron chi connectivity index (χ1n) is 10.6. The molecule has 0 fully saturated rings. The van der Waals surface area contributed by atoms with E-state index in [0.29, 0.717) is 5.69 Å². The monoisotopic (exact) mass is 441 g/mol. The summed E-state index contributed by atoms with van der Waals surface area (Å²) in [6.45, 7) is 0. The average molecular weight is 442 g/mol. The zero-order chi connectivity index (χ0) is 23.4. The first kappa shape index (κ1) is 22.2.